The Balaban J connectivity index is 2.47. The van der Waals surface area contributed by atoms with Crippen molar-refractivity contribution in [3.8, 4) is 11.4 Å². The molecule has 0 unspecified atom stereocenters. The van der Waals surface area contributed by atoms with Gasteiger partial charge in [0.25, 0.3) is 0 Å². The van der Waals surface area contributed by atoms with E-state index in [9.17, 15) is 13.2 Å². The van der Waals surface area contributed by atoms with E-state index in [1.165, 1.54) is 10.9 Å². The van der Waals surface area contributed by atoms with Gasteiger partial charge in [-0.25, -0.2) is 4.68 Å². The zero-order chi connectivity index (χ0) is 12.6. The summed E-state index contributed by atoms with van der Waals surface area (Å²) in [5.74, 6) is -0.0575. The summed E-state index contributed by atoms with van der Waals surface area (Å²) in [5.41, 5.74) is 6.06. The Labute approximate surface area is 93.8 Å². The predicted octanol–water partition coefficient (Wildman–Crippen LogP) is 0.823. The SMILES string of the molecule is Cn1nccc1-c1c(N)nnn1CC(F)(F)F. The molecule has 92 valence electrons. The number of aromatic nitrogens is 5. The first-order valence-electron chi connectivity index (χ1n) is 4.62. The van der Waals surface area contributed by atoms with Crippen LogP contribution in [0.2, 0.25) is 0 Å². The molecular formula is C8H9F3N6. The van der Waals surface area contributed by atoms with Crippen LogP contribution in [0.4, 0.5) is 19.0 Å². The molecule has 0 atom stereocenters. The summed E-state index contributed by atoms with van der Waals surface area (Å²) in [7, 11) is 1.60. The first-order chi connectivity index (χ1) is 7.88. The third-order valence-corrected chi connectivity index (χ3v) is 2.15. The van der Waals surface area contributed by atoms with Gasteiger partial charge in [-0.3, -0.25) is 4.68 Å². The molecule has 2 aromatic rings. The van der Waals surface area contributed by atoms with Gasteiger partial charge in [0.15, 0.2) is 5.82 Å². The number of alkyl halides is 3. The fourth-order valence-corrected chi connectivity index (χ4v) is 1.48. The first-order valence-corrected chi connectivity index (χ1v) is 4.62. The Hall–Kier alpha value is -2.06. The van der Waals surface area contributed by atoms with Crippen molar-refractivity contribution in [2.45, 2.75) is 12.7 Å². The van der Waals surface area contributed by atoms with E-state index in [0.717, 1.165) is 0 Å². The van der Waals surface area contributed by atoms with Gasteiger partial charge < -0.3 is 5.73 Å². The maximum absolute atomic E-state index is 12.3. The number of hydrogen-bond donors (Lipinski definition) is 1. The minimum absolute atomic E-state index is 0.0575. The van der Waals surface area contributed by atoms with Crippen molar-refractivity contribution in [3.05, 3.63) is 12.3 Å². The van der Waals surface area contributed by atoms with Gasteiger partial charge in [0.2, 0.25) is 0 Å². The Kier molecular flexibility index (Phi) is 2.52. The van der Waals surface area contributed by atoms with Crippen molar-refractivity contribution in [2.24, 2.45) is 7.05 Å². The second-order valence-electron chi connectivity index (χ2n) is 3.44. The van der Waals surface area contributed by atoms with E-state index in [1.807, 2.05) is 0 Å². The van der Waals surface area contributed by atoms with Crippen LogP contribution in [0, 0.1) is 0 Å². The highest BCUT2D eigenvalue weighted by atomic mass is 19.4. The van der Waals surface area contributed by atoms with Crippen molar-refractivity contribution in [3.63, 3.8) is 0 Å². The summed E-state index contributed by atoms with van der Waals surface area (Å²) in [6, 6.07) is 1.54. The summed E-state index contributed by atoms with van der Waals surface area (Å²) < 4.78 is 39.1. The molecule has 2 aromatic heterocycles. The smallest absolute Gasteiger partial charge is 0.380 e. The molecule has 17 heavy (non-hydrogen) atoms. The normalized spacial score (nSPS) is 12.0. The lowest BCUT2D eigenvalue weighted by atomic mass is 10.3. The Morgan fingerprint density at radius 2 is 2.12 bits per heavy atom. The van der Waals surface area contributed by atoms with E-state index in [4.69, 9.17) is 5.73 Å². The van der Waals surface area contributed by atoms with Crippen LogP contribution in [0.1, 0.15) is 0 Å². The molecule has 9 heteroatoms. The van der Waals surface area contributed by atoms with Gasteiger partial charge in [0.05, 0.1) is 5.69 Å². The van der Waals surface area contributed by atoms with Gasteiger partial charge in [-0.1, -0.05) is 5.21 Å². The molecule has 0 fully saturated rings. The third kappa shape index (κ3) is 2.22. The number of nitrogens with two attached hydrogens (primary N) is 1. The number of anilines is 1. The monoisotopic (exact) mass is 246 g/mol. The molecule has 0 aliphatic heterocycles. The highest BCUT2D eigenvalue weighted by Gasteiger charge is 2.31. The zero-order valence-corrected chi connectivity index (χ0v) is 8.81. The van der Waals surface area contributed by atoms with Crippen molar-refractivity contribution in [1.29, 1.82) is 0 Å². The summed E-state index contributed by atoms with van der Waals surface area (Å²) in [4.78, 5) is 0. The fraction of sp³-hybridized carbons (Fsp3) is 0.375. The van der Waals surface area contributed by atoms with Gasteiger partial charge in [-0.2, -0.15) is 18.3 Å². The molecule has 2 rings (SSSR count). The van der Waals surface area contributed by atoms with Gasteiger partial charge >= 0.3 is 6.18 Å². The molecule has 0 bridgehead atoms. The van der Waals surface area contributed by atoms with E-state index < -0.39 is 12.7 Å². The summed E-state index contributed by atoms with van der Waals surface area (Å²) in [6.07, 6.45) is -2.92. The number of hydrogen-bond acceptors (Lipinski definition) is 4. The van der Waals surface area contributed by atoms with E-state index in [2.05, 4.69) is 15.4 Å². The van der Waals surface area contributed by atoms with E-state index in [1.54, 1.807) is 13.1 Å². The standard InChI is InChI=1S/C8H9F3N6/c1-16-5(2-3-13-16)6-7(12)14-15-17(6)4-8(9,10)11/h2-3H,4,12H2,1H3. The Morgan fingerprint density at radius 1 is 1.41 bits per heavy atom. The van der Waals surface area contributed by atoms with Gasteiger partial charge in [-0.05, 0) is 6.07 Å². The first kappa shape index (κ1) is 11.4. The van der Waals surface area contributed by atoms with Crippen LogP contribution in [-0.4, -0.2) is 31.0 Å². The largest absolute Gasteiger partial charge is 0.408 e. The molecule has 0 aromatic carbocycles. The molecular weight excluding hydrogens is 237 g/mol. The maximum atomic E-state index is 12.3. The summed E-state index contributed by atoms with van der Waals surface area (Å²) in [6.45, 7) is -1.24. The van der Waals surface area contributed by atoms with Gasteiger partial charge in [0, 0.05) is 13.2 Å². The van der Waals surface area contributed by atoms with Crippen molar-refractivity contribution < 1.29 is 13.2 Å². The molecule has 0 aliphatic rings. The molecule has 0 aliphatic carbocycles. The fourth-order valence-electron chi connectivity index (χ4n) is 1.48. The van der Waals surface area contributed by atoms with Gasteiger partial charge in [-0.15, -0.1) is 5.10 Å². The topological polar surface area (TPSA) is 74.6 Å². The van der Waals surface area contributed by atoms with Crippen molar-refractivity contribution in [1.82, 2.24) is 24.8 Å². The van der Waals surface area contributed by atoms with E-state index >= 15 is 0 Å². The van der Waals surface area contributed by atoms with Crippen LogP contribution in [0.15, 0.2) is 12.3 Å². The predicted molar refractivity (Wildman–Crippen MR) is 52.7 cm³/mol. The Morgan fingerprint density at radius 3 is 2.65 bits per heavy atom. The lowest BCUT2D eigenvalue weighted by Gasteiger charge is -2.09. The molecule has 2 heterocycles. The maximum Gasteiger partial charge on any atom is 0.408 e. The number of halogens is 3. The van der Waals surface area contributed by atoms with Crippen molar-refractivity contribution in [2.75, 3.05) is 5.73 Å². The molecule has 0 spiro atoms. The zero-order valence-electron chi connectivity index (χ0n) is 8.81. The van der Waals surface area contributed by atoms with Crippen LogP contribution in [0.3, 0.4) is 0 Å². The molecule has 0 saturated carbocycles. The van der Waals surface area contributed by atoms with Crippen LogP contribution >= 0.6 is 0 Å². The number of nitrogen functional groups attached to an aromatic ring is 1. The molecule has 0 amide bonds. The average Bonchev–Trinajstić information content (AvgIpc) is 2.72. The molecule has 6 nitrogen and oxygen atoms in total. The molecule has 2 N–H and O–H groups in total. The highest BCUT2D eigenvalue weighted by molar-refractivity contribution is 5.66. The van der Waals surface area contributed by atoms with E-state index in [0.29, 0.717) is 10.4 Å². The third-order valence-electron chi connectivity index (χ3n) is 2.15. The second kappa shape index (κ2) is 3.75. The summed E-state index contributed by atoms with van der Waals surface area (Å²) >= 11 is 0. The lowest BCUT2D eigenvalue weighted by Crippen LogP contribution is -2.20. The number of aryl methyl sites for hydroxylation is 1. The van der Waals surface area contributed by atoms with Gasteiger partial charge in [0.1, 0.15) is 12.2 Å². The van der Waals surface area contributed by atoms with Crippen LogP contribution in [0.25, 0.3) is 11.4 Å². The number of rotatable bonds is 2. The minimum Gasteiger partial charge on any atom is -0.380 e. The minimum atomic E-state index is -4.38. The highest BCUT2D eigenvalue weighted by Crippen LogP contribution is 2.26. The van der Waals surface area contributed by atoms with Crippen LogP contribution < -0.4 is 5.73 Å². The molecule has 0 saturated heterocycles. The van der Waals surface area contributed by atoms with E-state index in [-0.39, 0.29) is 11.5 Å². The second-order valence-corrected chi connectivity index (χ2v) is 3.44. The van der Waals surface area contributed by atoms with Crippen molar-refractivity contribution >= 4 is 5.82 Å². The Bertz CT molecular complexity index is 526. The lowest BCUT2D eigenvalue weighted by molar-refractivity contribution is -0.142. The van der Waals surface area contributed by atoms with Crippen LogP contribution in [0.5, 0.6) is 0 Å². The number of nitrogens with zero attached hydrogens (tertiary/aromatic N) is 5. The molecule has 0 radical (unpaired) electrons. The quantitative estimate of drug-likeness (QED) is 0.851. The summed E-state index contributed by atoms with van der Waals surface area (Å²) in [5, 5.41) is 10.7. The average molecular weight is 246 g/mol. The van der Waals surface area contributed by atoms with Crippen LogP contribution in [-0.2, 0) is 13.6 Å².